The van der Waals surface area contributed by atoms with Crippen molar-refractivity contribution >= 4 is 0 Å². The van der Waals surface area contributed by atoms with Crippen LogP contribution in [0.15, 0.2) is 48.5 Å². The SMILES string of the molecule is N#Cc1ccc(-c2cc(C(O)N3CCC[C@@H](N)C3)nn2-c2ccc3c(c2)OCCO3)cc1. The van der Waals surface area contributed by atoms with Crippen molar-refractivity contribution in [3.8, 4) is 34.5 Å². The molecule has 32 heavy (non-hydrogen) atoms. The van der Waals surface area contributed by atoms with Crippen molar-refractivity contribution in [2.75, 3.05) is 26.3 Å². The number of aliphatic hydroxyl groups excluding tert-OH is 1. The predicted octanol–water partition coefficient (Wildman–Crippen LogP) is 2.60. The number of benzene rings is 2. The summed E-state index contributed by atoms with van der Waals surface area (Å²) in [4.78, 5) is 1.97. The Morgan fingerprint density at radius 2 is 1.88 bits per heavy atom. The minimum absolute atomic E-state index is 0.0521. The minimum Gasteiger partial charge on any atom is -0.486 e. The molecule has 0 amide bonds. The van der Waals surface area contributed by atoms with Crippen molar-refractivity contribution in [3.63, 3.8) is 0 Å². The Labute approximate surface area is 186 Å². The zero-order chi connectivity index (χ0) is 22.1. The highest BCUT2D eigenvalue weighted by atomic mass is 16.6. The molecule has 0 aliphatic carbocycles. The van der Waals surface area contributed by atoms with Crippen molar-refractivity contribution in [1.29, 1.82) is 5.26 Å². The minimum atomic E-state index is -0.850. The van der Waals surface area contributed by atoms with Gasteiger partial charge in [0.25, 0.3) is 0 Å². The topological polar surface area (TPSA) is 110 Å². The second-order valence-corrected chi connectivity index (χ2v) is 8.15. The summed E-state index contributed by atoms with van der Waals surface area (Å²) < 4.78 is 13.2. The third kappa shape index (κ3) is 3.94. The van der Waals surface area contributed by atoms with Crippen molar-refractivity contribution in [2.45, 2.75) is 25.1 Å². The third-order valence-corrected chi connectivity index (χ3v) is 5.91. The molecule has 8 heteroatoms. The largest absolute Gasteiger partial charge is 0.486 e. The summed E-state index contributed by atoms with van der Waals surface area (Å²) >= 11 is 0. The van der Waals surface area contributed by atoms with Crippen molar-refractivity contribution in [1.82, 2.24) is 14.7 Å². The zero-order valence-corrected chi connectivity index (χ0v) is 17.6. The fourth-order valence-electron chi connectivity index (χ4n) is 4.26. The molecule has 1 saturated heterocycles. The molecule has 0 bridgehead atoms. The molecule has 1 unspecified atom stereocenters. The Kier molecular flexibility index (Phi) is 5.53. The predicted molar refractivity (Wildman–Crippen MR) is 118 cm³/mol. The quantitative estimate of drug-likeness (QED) is 0.653. The first-order valence-corrected chi connectivity index (χ1v) is 10.8. The summed E-state index contributed by atoms with van der Waals surface area (Å²) in [5.41, 5.74) is 9.74. The Bertz CT molecular complexity index is 1150. The van der Waals surface area contributed by atoms with Gasteiger partial charge in [-0.1, -0.05) is 12.1 Å². The van der Waals surface area contributed by atoms with Crippen LogP contribution in [0.4, 0.5) is 0 Å². The van der Waals surface area contributed by atoms with E-state index in [0.29, 0.717) is 42.5 Å². The lowest BCUT2D eigenvalue weighted by Crippen LogP contribution is -2.44. The van der Waals surface area contributed by atoms with E-state index in [-0.39, 0.29) is 6.04 Å². The summed E-state index contributed by atoms with van der Waals surface area (Å²) in [5.74, 6) is 1.37. The highest BCUT2D eigenvalue weighted by molar-refractivity contribution is 5.64. The van der Waals surface area contributed by atoms with Gasteiger partial charge in [-0.2, -0.15) is 10.4 Å². The van der Waals surface area contributed by atoms with Gasteiger partial charge in [-0.15, -0.1) is 0 Å². The fourth-order valence-corrected chi connectivity index (χ4v) is 4.26. The van der Waals surface area contributed by atoms with Crippen molar-refractivity contribution in [3.05, 3.63) is 59.8 Å². The molecule has 8 nitrogen and oxygen atoms in total. The van der Waals surface area contributed by atoms with Gasteiger partial charge in [0.1, 0.15) is 18.9 Å². The number of fused-ring (bicyclic) bond motifs is 1. The van der Waals surface area contributed by atoms with Crippen LogP contribution in [0.3, 0.4) is 0 Å². The summed E-state index contributed by atoms with van der Waals surface area (Å²) in [7, 11) is 0. The van der Waals surface area contributed by atoms with E-state index in [4.69, 9.17) is 25.6 Å². The summed E-state index contributed by atoms with van der Waals surface area (Å²) in [5, 5.41) is 25.0. The number of nitrogens with two attached hydrogens (primary N) is 1. The molecule has 0 radical (unpaired) electrons. The number of rotatable bonds is 4. The van der Waals surface area contributed by atoms with E-state index >= 15 is 0 Å². The molecule has 2 aromatic carbocycles. The molecule has 3 aromatic rings. The molecule has 1 fully saturated rings. The lowest BCUT2D eigenvalue weighted by molar-refractivity contribution is -0.0175. The first kappa shape index (κ1) is 20.5. The molecule has 1 aromatic heterocycles. The number of likely N-dealkylation sites (tertiary alicyclic amines) is 1. The van der Waals surface area contributed by atoms with E-state index in [1.165, 1.54) is 0 Å². The van der Waals surface area contributed by atoms with Crippen LogP contribution in [-0.2, 0) is 0 Å². The molecule has 164 valence electrons. The molecule has 3 N–H and O–H groups in total. The van der Waals surface area contributed by atoms with Crippen molar-refractivity contribution in [2.24, 2.45) is 5.73 Å². The van der Waals surface area contributed by atoms with E-state index in [1.807, 2.05) is 41.3 Å². The van der Waals surface area contributed by atoms with Gasteiger partial charge in [-0.25, -0.2) is 4.68 Å². The molecule has 2 aliphatic rings. The first-order valence-electron chi connectivity index (χ1n) is 10.8. The maximum atomic E-state index is 11.1. The molecule has 2 atom stereocenters. The van der Waals surface area contributed by atoms with Crippen LogP contribution < -0.4 is 15.2 Å². The standard InChI is InChI=1S/C24H25N5O3/c25-14-16-3-5-17(6-4-16)21-13-20(24(30)28-9-1-2-18(26)15-28)27-29(21)19-7-8-22-23(12-19)32-11-10-31-22/h3-8,12-13,18,24,30H,1-2,9-11,15,26H2/t18-,24?/m1/s1. The summed E-state index contributed by atoms with van der Waals surface area (Å²) in [6, 6.07) is 17.1. The molecule has 3 heterocycles. The average Bonchev–Trinajstić information content (AvgIpc) is 3.29. The smallest absolute Gasteiger partial charge is 0.163 e. The maximum Gasteiger partial charge on any atom is 0.163 e. The van der Waals surface area contributed by atoms with E-state index < -0.39 is 6.23 Å². The highest BCUT2D eigenvalue weighted by Gasteiger charge is 2.27. The van der Waals surface area contributed by atoms with E-state index in [9.17, 15) is 5.11 Å². The molecule has 0 saturated carbocycles. The number of piperidine rings is 1. The van der Waals surface area contributed by atoms with Crippen molar-refractivity contribution < 1.29 is 14.6 Å². The number of hydrogen-bond acceptors (Lipinski definition) is 7. The molecule has 5 rings (SSSR count). The van der Waals surface area contributed by atoms with Crippen LogP contribution in [0.2, 0.25) is 0 Å². The Balaban J connectivity index is 1.57. The van der Waals surface area contributed by atoms with E-state index in [0.717, 1.165) is 36.3 Å². The third-order valence-electron chi connectivity index (χ3n) is 5.91. The fraction of sp³-hybridized carbons (Fsp3) is 0.333. The first-order chi connectivity index (χ1) is 15.6. The summed E-state index contributed by atoms with van der Waals surface area (Å²) in [6.45, 7) is 2.43. The Morgan fingerprint density at radius 3 is 2.62 bits per heavy atom. The molecular formula is C24H25N5O3. The van der Waals surface area contributed by atoms with Crippen LogP contribution in [0.1, 0.15) is 30.3 Å². The van der Waals surface area contributed by atoms with Gasteiger partial charge in [-0.3, -0.25) is 4.90 Å². The molecule has 2 aliphatic heterocycles. The highest BCUT2D eigenvalue weighted by Crippen LogP contribution is 2.34. The van der Waals surface area contributed by atoms with Gasteiger partial charge in [-0.05, 0) is 43.2 Å². The van der Waals surface area contributed by atoms with Crippen LogP contribution >= 0.6 is 0 Å². The number of nitrogens with zero attached hydrogens (tertiary/aromatic N) is 4. The lowest BCUT2D eigenvalue weighted by Gasteiger charge is -2.33. The average molecular weight is 431 g/mol. The van der Waals surface area contributed by atoms with Crippen LogP contribution in [0, 0.1) is 11.3 Å². The molecule has 0 spiro atoms. The van der Waals surface area contributed by atoms with Crippen LogP contribution in [0.25, 0.3) is 16.9 Å². The zero-order valence-electron chi connectivity index (χ0n) is 17.6. The van der Waals surface area contributed by atoms with Gasteiger partial charge in [0.05, 0.1) is 23.0 Å². The lowest BCUT2D eigenvalue weighted by atomic mass is 10.1. The van der Waals surface area contributed by atoms with Gasteiger partial charge in [0.2, 0.25) is 0 Å². The maximum absolute atomic E-state index is 11.1. The second kappa shape index (κ2) is 8.63. The number of aromatic nitrogens is 2. The van der Waals surface area contributed by atoms with E-state index in [2.05, 4.69) is 6.07 Å². The second-order valence-electron chi connectivity index (χ2n) is 8.15. The number of ether oxygens (including phenoxy) is 2. The Hall–Kier alpha value is -3.38. The Morgan fingerprint density at radius 1 is 1.09 bits per heavy atom. The van der Waals surface area contributed by atoms with Gasteiger partial charge < -0.3 is 20.3 Å². The monoisotopic (exact) mass is 431 g/mol. The van der Waals surface area contributed by atoms with E-state index in [1.54, 1.807) is 16.8 Å². The number of aliphatic hydroxyl groups is 1. The summed E-state index contributed by atoms with van der Waals surface area (Å²) in [6.07, 6.45) is 1.06. The normalized spacial score (nSPS) is 19.3. The number of hydrogen-bond donors (Lipinski definition) is 2. The van der Waals surface area contributed by atoms with Gasteiger partial charge >= 0.3 is 0 Å². The van der Waals surface area contributed by atoms with Crippen LogP contribution in [-0.4, -0.2) is 52.1 Å². The van der Waals surface area contributed by atoms with Gasteiger partial charge in [0, 0.05) is 30.8 Å². The molecular weight excluding hydrogens is 406 g/mol. The number of nitriles is 1. The van der Waals surface area contributed by atoms with Crippen LogP contribution in [0.5, 0.6) is 11.5 Å². The van der Waals surface area contributed by atoms with Gasteiger partial charge in [0.15, 0.2) is 17.7 Å².